The molecule has 0 aliphatic carbocycles. The Morgan fingerprint density at radius 1 is 1.69 bits per heavy atom. The molecule has 0 unspecified atom stereocenters. The van der Waals surface area contributed by atoms with Crippen molar-refractivity contribution in [2.75, 3.05) is 0 Å². The van der Waals surface area contributed by atoms with E-state index in [1.54, 1.807) is 11.7 Å². The van der Waals surface area contributed by atoms with Crippen molar-refractivity contribution in [3.8, 4) is 0 Å². The summed E-state index contributed by atoms with van der Waals surface area (Å²) in [6, 6.07) is 0. The van der Waals surface area contributed by atoms with E-state index in [1.807, 2.05) is 0 Å². The molecule has 0 fully saturated rings. The first-order valence-electron chi connectivity index (χ1n) is 4.14. The van der Waals surface area contributed by atoms with E-state index in [2.05, 4.69) is 10.4 Å². The first-order chi connectivity index (χ1) is 6.18. The molecule has 0 spiro atoms. The molecule has 5 heteroatoms. The van der Waals surface area contributed by atoms with Gasteiger partial charge in [-0.25, -0.2) is 0 Å². The lowest BCUT2D eigenvalue weighted by Gasteiger charge is -2.00. The summed E-state index contributed by atoms with van der Waals surface area (Å²) in [7, 11) is 1.79. The smallest absolute Gasteiger partial charge is 0.309 e. The Morgan fingerprint density at radius 2 is 2.46 bits per heavy atom. The normalized spacial score (nSPS) is 14.5. The van der Waals surface area contributed by atoms with Crippen molar-refractivity contribution in [3.63, 3.8) is 0 Å². The van der Waals surface area contributed by atoms with Crippen LogP contribution >= 0.6 is 0 Å². The van der Waals surface area contributed by atoms with Crippen LogP contribution in [0.4, 0.5) is 0 Å². The average molecular weight is 181 g/mol. The zero-order valence-corrected chi connectivity index (χ0v) is 7.37. The number of carbonyl (C=O) groups is 1. The minimum absolute atomic E-state index is 0.0561. The fourth-order valence-corrected chi connectivity index (χ4v) is 1.68. The van der Waals surface area contributed by atoms with Crippen LogP contribution < -0.4 is 5.32 Å². The number of aromatic nitrogens is 2. The van der Waals surface area contributed by atoms with Crippen molar-refractivity contribution in [2.45, 2.75) is 19.5 Å². The molecule has 0 atom stereocenters. The molecule has 0 saturated heterocycles. The fourth-order valence-electron chi connectivity index (χ4n) is 1.68. The van der Waals surface area contributed by atoms with Crippen molar-refractivity contribution >= 4 is 5.97 Å². The summed E-state index contributed by atoms with van der Waals surface area (Å²) in [5.41, 5.74) is 2.86. The van der Waals surface area contributed by atoms with Gasteiger partial charge in [-0.2, -0.15) is 5.10 Å². The summed E-state index contributed by atoms with van der Waals surface area (Å²) in [5.74, 6) is -0.808. The van der Waals surface area contributed by atoms with Crippen LogP contribution in [0, 0.1) is 0 Å². The lowest BCUT2D eigenvalue weighted by atomic mass is 10.1. The van der Waals surface area contributed by atoms with E-state index < -0.39 is 5.97 Å². The van der Waals surface area contributed by atoms with Gasteiger partial charge in [-0.05, 0) is 0 Å². The quantitative estimate of drug-likeness (QED) is 0.654. The molecule has 0 amide bonds. The predicted molar refractivity (Wildman–Crippen MR) is 45.1 cm³/mol. The molecule has 0 bridgehead atoms. The number of nitrogens with one attached hydrogen (secondary N) is 1. The third kappa shape index (κ3) is 1.31. The minimum Gasteiger partial charge on any atom is -0.481 e. The van der Waals surface area contributed by atoms with E-state index in [0.29, 0.717) is 0 Å². The molecule has 1 aromatic rings. The summed E-state index contributed by atoms with van der Waals surface area (Å²) in [6.07, 6.45) is 0.0561. The number of nitrogens with zero attached hydrogens (tertiary/aromatic N) is 2. The highest BCUT2D eigenvalue weighted by Gasteiger charge is 2.21. The molecular formula is C8H11N3O2. The van der Waals surface area contributed by atoms with Crippen molar-refractivity contribution in [3.05, 3.63) is 17.0 Å². The van der Waals surface area contributed by atoms with Crippen molar-refractivity contribution in [1.82, 2.24) is 15.1 Å². The number of carboxylic acids is 1. The first kappa shape index (κ1) is 8.25. The zero-order chi connectivity index (χ0) is 9.42. The maximum absolute atomic E-state index is 10.6. The van der Waals surface area contributed by atoms with Gasteiger partial charge in [0, 0.05) is 25.7 Å². The maximum Gasteiger partial charge on any atom is 0.309 e. The van der Waals surface area contributed by atoms with Gasteiger partial charge in [-0.1, -0.05) is 0 Å². The number of rotatable bonds is 2. The molecule has 70 valence electrons. The molecule has 1 aliphatic rings. The van der Waals surface area contributed by atoms with Crippen LogP contribution in [0.15, 0.2) is 0 Å². The van der Waals surface area contributed by atoms with Crippen LogP contribution in [0.1, 0.15) is 17.0 Å². The molecule has 2 rings (SSSR count). The second kappa shape index (κ2) is 2.85. The predicted octanol–water partition coefficient (Wildman–Crippen LogP) is -0.350. The van der Waals surface area contributed by atoms with Gasteiger partial charge in [0.1, 0.15) is 0 Å². The molecule has 0 radical (unpaired) electrons. The van der Waals surface area contributed by atoms with E-state index in [-0.39, 0.29) is 6.42 Å². The molecule has 1 aromatic heterocycles. The lowest BCUT2D eigenvalue weighted by molar-refractivity contribution is -0.136. The Labute approximate surface area is 75.4 Å². The topological polar surface area (TPSA) is 67.2 Å². The Hall–Kier alpha value is -1.36. The second-order valence-corrected chi connectivity index (χ2v) is 3.17. The van der Waals surface area contributed by atoms with Gasteiger partial charge in [0.2, 0.25) is 0 Å². The Kier molecular flexibility index (Phi) is 1.81. The SMILES string of the molecule is Cn1nc2c(c1CC(=O)O)CNC2. The van der Waals surface area contributed by atoms with E-state index in [1.165, 1.54) is 0 Å². The molecule has 2 N–H and O–H groups in total. The summed E-state index contributed by atoms with van der Waals surface area (Å²) in [4.78, 5) is 10.6. The molecule has 13 heavy (non-hydrogen) atoms. The summed E-state index contributed by atoms with van der Waals surface area (Å²) >= 11 is 0. The number of hydrogen-bond donors (Lipinski definition) is 2. The molecule has 5 nitrogen and oxygen atoms in total. The van der Waals surface area contributed by atoms with Crippen molar-refractivity contribution in [2.24, 2.45) is 7.05 Å². The molecule has 0 aromatic carbocycles. The molecule has 0 saturated carbocycles. The lowest BCUT2D eigenvalue weighted by Crippen LogP contribution is -2.11. The number of aliphatic carboxylic acids is 1. The summed E-state index contributed by atoms with van der Waals surface area (Å²) < 4.78 is 1.67. The highest BCUT2D eigenvalue weighted by Crippen LogP contribution is 2.18. The number of aryl methyl sites for hydroxylation is 1. The molecule has 1 aliphatic heterocycles. The van der Waals surface area contributed by atoms with Crippen LogP contribution in [0.5, 0.6) is 0 Å². The maximum atomic E-state index is 10.6. The largest absolute Gasteiger partial charge is 0.481 e. The van der Waals surface area contributed by atoms with Gasteiger partial charge >= 0.3 is 5.97 Å². The van der Waals surface area contributed by atoms with Crippen LogP contribution in [-0.2, 0) is 31.4 Å². The summed E-state index contributed by atoms with van der Waals surface area (Å²) in [5, 5.41) is 16.1. The number of hydrogen-bond acceptors (Lipinski definition) is 3. The Morgan fingerprint density at radius 3 is 3.15 bits per heavy atom. The van der Waals surface area contributed by atoms with Crippen molar-refractivity contribution < 1.29 is 9.90 Å². The van der Waals surface area contributed by atoms with Crippen LogP contribution in [-0.4, -0.2) is 20.9 Å². The third-order valence-corrected chi connectivity index (χ3v) is 2.27. The van der Waals surface area contributed by atoms with E-state index in [0.717, 1.165) is 30.0 Å². The van der Waals surface area contributed by atoms with Crippen molar-refractivity contribution in [1.29, 1.82) is 0 Å². The van der Waals surface area contributed by atoms with Crippen LogP contribution in [0.3, 0.4) is 0 Å². The highest BCUT2D eigenvalue weighted by atomic mass is 16.4. The van der Waals surface area contributed by atoms with Gasteiger partial charge < -0.3 is 10.4 Å². The van der Waals surface area contributed by atoms with E-state index in [9.17, 15) is 4.79 Å². The number of carboxylic acid groups (broad SMARTS) is 1. The standard InChI is InChI=1S/C8H11N3O2/c1-11-7(2-8(12)13)5-3-9-4-6(5)10-11/h9H,2-4H2,1H3,(H,12,13). The summed E-state index contributed by atoms with van der Waals surface area (Å²) in [6.45, 7) is 1.49. The van der Waals surface area contributed by atoms with E-state index in [4.69, 9.17) is 5.11 Å². The monoisotopic (exact) mass is 181 g/mol. The van der Waals surface area contributed by atoms with Gasteiger partial charge in [-0.3, -0.25) is 9.48 Å². The van der Waals surface area contributed by atoms with Crippen LogP contribution in [0.2, 0.25) is 0 Å². The van der Waals surface area contributed by atoms with Gasteiger partial charge in [0.25, 0.3) is 0 Å². The zero-order valence-electron chi connectivity index (χ0n) is 7.37. The Bertz CT molecular complexity index is 357. The van der Waals surface area contributed by atoms with E-state index >= 15 is 0 Å². The third-order valence-electron chi connectivity index (χ3n) is 2.27. The van der Waals surface area contributed by atoms with Crippen LogP contribution in [0.25, 0.3) is 0 Å². The fraction of sp³-hybridized carbons (Fsp3) is 0.500. The molecule has 2 heterocycles. The molecular weight excluding hydrogens is 170 g/mol. The average Bonchev–Trinajstić information content (AvgIpc) is 2.55. The highest BCUT2D eigenvalue weighted by molar-refractivity contribution is 5.70. The Balaban J connectivity index is 2.38. The first-order valence-corrected chi connectivity index (χ1v) is 4.14. The van der Waals surface area contributed by atoms with Gasteiger partial charge in [0.05, 0.1) is 17.8 Å². The second-order valence-electron chi connectivity index (χ2n) is 3.17. The van der Waals surface area contributed by atoms with Gasteiger partial charge in [-0.15, -0.1) is 0 Å². The minimum atomic E-state index is -0.808. The number of fused-ring (bicyclic) bond motifs is 1. The van der Waals surface area contributed by atoms with Gasteiger partial charge in [0.15, 0.2) is 0 Å².